The number of anilines is 1. The van der Waals surface area contributed by atoms with Gasteiger partial charge in [0.05, 0.1) is 5.69 Å². The molecule has 0 aromatic carbocycles. The van der Waals surface area contributed by atoms with Crippen molar-refractivity contribution in [1.82, 2.24) is 9.38 Å². The van der Waals surface area contributed by atoms with Crippen LogP contribution in [0.15, 0.2) is 18.5 Å². The third kappa shape index (κ3) is 1.41. The van der Waals surface area contributed by atoms with Crippen molar-refractivity contribution in [2.75, 3.05) is 12.4 Å². The third-order valence-corrected chi connectivity index (χ3v) is 2.43. The molecule has 78 valence electrons. The molecule has 2 aromatic heterocycles. The van der Waals surface area contributed by atoms with Gasteiger partial charge in [0, 0.05) is 19.4 Å². The van der Waals surface area contributed by atoms with Gasteiger partial charge in [-0.15, -0.1) is 0 Å². The van der Waals surface area contributed by atoms with E-state index in [0.29, 0.717) is 22.1 Å². The van der Waals surface area contributed by atoms with Crippen molar-refractivity contribution in [3.8, 4) is 0 Å². The molecule has 0 unspecified atom stereocenters. The molecule has 5 nitrogen and oxygen atoms in total. The number of rotatable bonds is 2. The summed E-state index contributed by atoms with van der Waals surface area (Å²) in [4.78, 5) is 15.3. The molecular formula is C9H9ClN4O. The molecule has 0 aliphatic rings. The lowest BCUT2D eigenvalue weighted by Crippen LogP contribution is -2.15. The van der Waals surface area contributed by atoms with Gasteiger partial charge in [-0.3, -0.25) is 9.20 Å². The molecule has 1 amide bonds. The lowest BCUT2D eigenvalue weighted by Gasteiger charge is -2.09. The first-order valence-corrected chi connectivity index (χ1v) is 4.66. The van der Waals surface area contributed by atoms with Crippen LogP contribution in [0.2, 0.25) is 5.15 Å². The predicted molar refractivity (Wildman–Crippen MR) is 58.3 cm³/mol. The van der Waals surface area contributed by atoms with Crippen molar-refractivity contribution in [3.63, 3.8) is 0 Å². The van der Waals surface area contributed by atoms with Crippen molar-refractivity contribution in [2.45, 2.75) is 0 Å². The number of aromatic nitrogens is 2. The van der Waals surface area contributed by atoms with Gasteiger partial charge in [-0.25, -0.2) is 4.98 Å². The maximum Gasteiger partial charge on any atom is 0.254 e. The second-order valence-corrected chi connectivity index (χ2v) is 3.38. The van der Waals surface area contributed by atoms with E-state index in [1.807, 2.05) is 0 Å². The van der Waals surface area contributed by atoms with Gasteiger partial charge in [0.2, 0.25) is 0 Å². The highest BCUT2D eigenvalue weighted by Crippen LogP contribution is 2.24. The Morgan fingerprint density at radius 1 is 1.67 bits per heavy atom. The highest BCUT2D eigenvalue weighted by Gasteiger charge is 2.15. The van der Waals surface area contributed by atoms with Crippen LogP contribution in [0, 0.1) is 0 Å². The highest BCUT2D eigenvalue weighted by atomic mass is 35.5. The predicted octanol–water partition coefficient (Wildman–Crippen LogP) is 1.13. The fourth-order valence-corrected chi connectivity index (χ4v) is 1.73. The van der Waals surface area contributed by atoms with E-state index in [9.17, 15) is 4.79 Å². The zero-order valence-electron chi connectivity index (χ0n) is 7.99. The summed E-state index contributed by atoms with van der Waals surface area (Å²) in [5.74, 6) is -0.535. The quantitative estimate of drug-likeness (QED) is 0.751. The van der Waals surface area contributed by atoms with Crippen LogP contribution < -0.4 is 11.1 Å². The van der Waals surface area contributed by atoms with Gasteiger partial charge >= 0.3 is 0 Å². The molecular weight excluding hydrogens is 216 g/mol. The molecule has 0 aliphatic heterocycles. The summed E-state index contributed by atoms with van der Waals surface area (Å²) in [6.45, 7) is 0. The van der Waals surface area contributed by atoms with E-state index in [0.717, 1.165) is 0 Å². The number of primary amides is 1. The van der Waals surface area contributed by atoms with Gasteiger partial charge in [-0.2, -0.15) is 0 Å². The van der Waals surface area contributed by atoms with Crippen LogP contribution >= 0.6 is 11.6 Å². The molecule has 2 rings (SSSR count). The van der Waals surface area contributed by atoms with E-state index in [2.05, 4.69) is 10.3 Å². The fraction of sp³-hybridized carbons (Fsp3) is 0.111. The van der Waals surface area contributed by atoms with Gasteiger partial charge in [-0.05, 0) is 6.07 Å². The normalized spacial score (nSPS) is 10.5. The molecule has 15 heavy (non-hydrogen) atoms. The zero-order valence-corrected chi connectivity index (χ0v) is 8.75. The van der Waals surface area contributed by atoms with Crippen LogP contribution in [0.3, 0.4) is 0 Å². The standard InChI is InChI=1S/C9H9ClN4O/c1-12-5-4-6(10)14-3-2-13-9(14)7(5)8(11)15/h2-4,12H,1H3,(H2,11,15). The van der Waals surface area contributed by atoms with E-state index < -0.39 is 5.91 Å². The van der Waals surface area contributed by atoms with Crippen molar-refractivity contribution in [2.24, 2.45) is 5.73 Å². The Morgan fingerprint density at radius 2 is 2.40 bits per heavy atom. The minimum absolute atomic E-state index is 0.340. The molecule has 0 bridgehead atoms. The van der Waals surface area contributed by atoms with Crippen LogP contribution in [-0.2, 0) is 0 Å². The van der Waals surface area contributed by atoms with Crippen LogP contribution in [0.5, 0.6) is 0 Å². The first-order valence-electron chi connectivity index (χ1n) is 4.28. The summed E-state index contributed by atoms with van der Waals surface area (Å²) in [5.41, 5.74) is 6.66. The summed E-state index contributed by atoms with van der Waals surface area (Å²) in [6, 6.07) is 1.64. The molecule has 6 heteroatoms. The number of nitrogens with zero attached hydrogens (tertiary/aromatic N) is 2. The number of hydrogen-bond acceptors (Lipinski definition) is 3. The minimum atomic E-state index is -0.535. The van der Waals surface area contributed by atoms with E-state index in [4.69, 9.17) is 17.3 Å². The Labute approximate surface area is 90.9 Å². The number of nitrogens with one attached hydrogen (secondary N) is 1. The SMILES string of the molecule is CNc1cc(Cl)n2ccnc2c1C(N)=O. The Morgan fingerprint density at radius 3 is 3.00 bits per heavy atom. The number of hydrogen-bond donors (Lipinski definition) is 2. The van der Waals surface area contributed by atoms with E-state index in [1.54, 1.807) is 29.9 Å². The number of carbonyl (C=O) groups excluding carboxylic acids is 1. The highest BCUT2D eigenvalue weighted by molar-refractivity contribution is 6.30. The lowest BCUT2D eigenvalue weighted by atomic mass is 10.2. The number of imidazole rings is 1. The molecule has 2 heterocycles. The first-order chi connectivity index (χ1) is 7.15. The van der Waals surface area contributed by atoms with Crippen LogP contribution in [0.1, 0.15) is 10.4 Å². The number of halogens is 1. The number of amides is 1. The zero-order chi connectivity index (χ0) is 11.0. The lowest BCUT2D eigenvalue weighted by molar-refractivity contribution is 0.100. The summed E-state index contributed by atoms with van der Waals surface area (Å²) in [6.07, 6.45) is 3.23. The summed E-state index contributed by atoms with van der Waals surface area (Å²) in [5, 5.41) is 3.33. The van der Waals surface area contributed by atoms with E-state index in [-0.39, 0.29) is 0 Å². The Kier molecular flexibility index (Phi) is 2.24. The maximum absolute atomic E-state index is 11.3. The van der Waals surface area contributed by atoms with Gasteiger partial charge < -0.3 is 11.1 Å². The van der Waals surface area contributed by atoms with Crippen LogP contribution in [0.25, 0.3) is 5.65 Å². The monoisotopic (exact) mass is 224 g/mol. The van der Waals surface area contributed by atoms with Gasteiger partial charge in [0.25, 0.3) is 5.91 Å². The van der Waals surface area contributed by atoms with Gasteiger partial charge in [0.15, 0.2) is 5.65 Å². The number of carbonyl (C=O) groups is 1. The minimum Gasteiger partial charge on any atom is -0.387 e. The smallest absolute Gasteiger partial charge is 0.254 e. The summed E-state index contributed by atoms with van der Waals surface area (Å²) >= 11 is 5.99. The van der Waals surface area contributed by atoms with Crippen LogP contribution in [-0.4, -0.2) is 22.3 Å². The molecule has 0 spiro atoms. The van der Waals surface area contributed by atoms with Crippen molar-refractivity contribution in [3.05, 3.63) is 29.2 Å². The number of nitrogens with two attached hydrogens (primary N) is 1. The topological polar surface area (TPSA) is 72.4 Å². The third-order valence-electron chi connectivity index (χ3n) is 2.14. The molecule has 2 aromatic rings. The summed E-state index contributed by atoms with van der Waals surface area (Å²) < 4.78 is 1.60. The molecule has 0 atom stereocenters. The first kappa shape index (κ1) is 9.79. The average molecular weight is 225 g/mol. The van der Waals surface area contributed by atoms with Crippen LogP contribution in [0.4, 0.5) is 5.69 Å². The Balaban J connectivity index is 2.89. The molecule has 3 N–H and O–H groups in total. The van der Waals surface area contributed by atoms with Crippen molar-refractivity contribution < 1.29 is 4.79 Å². The maximum atomic E-state index is 11.3. The number of fused-ring (bicyclic) bond motifs is 1. The van der Waals surface area contributed by atoms with Crippen molar-refractivity contribution >= 4 is 28.8 Å². The van der Waals surface area contributed by atoms with Gasteiger partial charge in [0.1, 0.15) is 10.7 Å². The fourth-order valence-electron chi connectivity index (χ4n) is 1.48. The Hall–Kier alpha value is -1.75. The second kappa shape index (κ2) is 3.43. The molecule has 0 radical (unpaired) electrons. The Bertz CT molecular complexity index is 534. The van der Waals surface area contributed by atoms with Crippen molar-refractivity contribution in [1.29, 1.82) is 0 Å². The molecule has 0 aliphatic carbocycles. The van der Waals surface area contributed by atoms with E-state index in [1.165, 1.54) is 0 Å². The van der Waals surface area contributed by atoms with E-state index >= 15 is 0 Å². The van der Waals surface area contributed by atoms with Gasteiger partial charge in [-0.1, -0.05) is 11.6 Å². The average Bonchev–Trinajstić information content (AvgIpc) is 2.65. The largest absolute Gasteiger partial charge is 0.387 e. The summed E-state index contributed by atoms with van der Waals surface area (Å²) in [7, 11) is 1.69. The molecule has 0 saturated carbocycles. The molecule has 0 saturated heterocycles. The molecule has 0 fully saturated rings. The number of pyridine rings is 1. The second-order valence-electron chi connectivity index (χ2n) is 2.99.